The Morgan fingerprint density at radius 1 is 1.44 bits per heavy atom. The fourth-order valence-electron chi connectivity index (χ4n) is 2.23. The summed E-state index contributed by atoms with van der Waals surface area (Å²) in [6.07, 6.45) is 2.82. The van der Waals surface area contributed by atoms with E-state index in [0.29, 0.717) is 6.42 Å². The maximum atomic E-state index is 10.7. The second kappa shape index (κ2) is 5.71. The number of hydrogen-bond acceptors (Lipinski definition) is 3. The molecule has 0 saturated carbocycles. The topological polar surface area (TPSA) is 66.6 Å². The van der Waals surface area contributed by atoms with Gasteiger partial charge in [-0.3, -0.25) is 4.79 Å². The van der Waals surface area contributed by atoms with Gasteiger partial charge in [-0.05, 0) is 52.9 Å². The van der Waals surface area contributed by atoms with E-state index in [1.165, 1.54) is 18.5 Å². The molecule has 98 valence electrons. The molecule has 0 spiro atoms. The minimum absolute atomic E-state index is 0.355. The van der Waals surface area contributed by atoms with Gasteiger partial charge in [-0.2, -0.15) is 0 Å². The van der Waals surface area contributed by atoms with E-state index in [9.17, 15) is 4.79 Å². The molecule has 5 heteroatoms. The van der Waals surface area contributed by atoms with E-state index < -0.39 is 12.0 Å². The van der Waals surface area contributed by atoms with Gasteiger partial charge in [0.15, 0.2) is 0 Å². The monoisotopic (exact) mass is 312 g/mol. The third kappa shape index (κ3) is 3.03. The molecule has 1 saturated heterocycles. The van der Waals surface area contributed by atoms with Crippen LogP contribution < -0.4 is 10.6 Å². The van der Waals surface area contributed by atoms with E-state index in [4.69, 9.17) is 10.8 Å². The van der Waals surface area contributed by atoms with Crippen molar-refractivity contribution in [2.45, 2.75) is 25.3 Å². The molecule has 0 amide bonds. The average Bonchev–Trinajstić information content (AvgIpc) is 2.82. The molecule has 1 fully saturated rings. The lowest BCUT2D eigenvalue weighted by atomic mass is 10.1. The first-order valence-corrected chi connectivity index (χ1v) is 6.89. The predicted molar refractivity (Wildman–Crippen MR) is 74.9 cm³/mol. The zero-order chi connectivity index (χ0) is 13.1. The zero-order valence-electron chi connectivity index (χ0n) is 10.1. The van der Waals surface area contributed by atoms with Crippen LogP contribution in [0.1, 0.15) is 18.4 Å². The molecular weight excluding hydrogens is 296 g/mol. The van der Waals surface area contributed by atoms with Crippen LogP contribution in [0.15, 0.2) is 22.7 Å². The summed E-state index contributed by atoms with van der Waals surface area (Å²) in [5.74, 6) is -0.963. The minimum atomic E-state index is -0.963. The van der Waals surface area contributed by atoms with Gasteiger partial charge in [-0.15, -0.1) is 0 Å². The summed E-state index contributed by atoms with van der Waals surface area (Å²) in [6.45, 7) is 2.18. The molecule has 18 heavy (non-hydrogen) atoms. The molecule has 1 heterocycles. The highest BCUT2D eigenvalue weighted by atomic mass is 79.9. The lowest BCUT2D eigenvalue weighted by Crippen LogP contribution is -2.32. The largest absolute Gasteiger partial charge is 0.480 e. The van der Waals surface area contributed by atoms with E-state index >= 15 is 0 Å². The molecule has 1 aromatic carbocycles. The first-order chi connectivity index (χ1) is 8.58. The van der Waals surface area contributed by atoms with Crippen LogP contribution in [0.4, 0.5) is 5.69 Å². The van der Waals surface area contributed by atoms with Gasteiger partial charge < -0.3 is 15.7 Å². The van der Waals surface area contributed by atoms with Gasteiger partial charge in [0.25, 0.3) is 0 Å². The highest BCUT2D eigenvalue weighted by molar-refractivity contribution is 9.10. The Labute approximate surface area is 115 Å². The third-order valence-electron chi connectivity index (χ3n) is 3.23. The molecule has 1 unspecified atom stereocenters. The Bertz CT molecular complexity index is 445. The number of halogens is 1. The van der Waals surface area contributed by atoms with Crippen molar-refractivity contribution in [2.75, 3.05) is 18.0 Å². The van der Waals surface area contributed by atoms with Crippen LogP contribution in [0.2, 0.25) is 0 Å². The number of carboxylic acid groups (broad SMARTS) is 1. The van der Waals surface area contributed by atoms with E-state index in [0.717, 1.165) is 23.1 Å². The first kappa shape index (κ1) is 13.4. The van der Waals surface area contributed by atoms with Gasteiger partial charge in [0.05, 0.1) is 5.69 Å². The maximum absolute atomic E-state index is 10.7. The van der Waals surface area contributed by atoms with Gasteiger partial charge in [-0.25, -0.2) is 0 Å². The van der Waals surface area contributed by atoms with Crippen LogP contribution in [0.3, 0.4) is 0 Å². The third-order valence-corrected chi connectivity index (χ3v) is 3.87. The van der Waals surface area contributed by atoms with Gasteiger partial charge >= 0.3 is 5.97 Å². The van der Waals surface area contributed by atoms with Crippen LogP contribution in [0, 0.1) is 0 Å². The van der Waals surface area contributed by atoms with Gasteiger partial charge in [0.2, 0.25) is 0 Å². The summed E-state index contributed by atoms with van der Waals surface area (Å²) in [6, 6.07) is 5.13. The molecule has 3 N–H and O–H groups in total. The Kier molecular flexibility index (Phi) is 4.24. The summed E-state index contributed by atoms with van der Waals surface area (Å²) < 4.78 is 1.01. The lowest BCUT2D eigenvalue weighted by Gasteiger charge is -2.20. The molecule has 4 nitrogen and oxygen atoms in total. The van der Waals surface area contributed by atoms with Crippen LogP contribution in [-0.2, 0) is 11.2 Å². The lowest BCUT2D eigenvalue weighted by molar-refractivity contribution is -0.138. The molecule has 1 aliphatic heterocycles. The molecule has 0 bridgehead atoms. The van der Waals surface area contributed by atoms with E-state index in [2.05, 4.69) is 20.8 Å². The summed E-state index contributed by atoms with van der Waals surface area (Å²) in [5.41, 5.74) is 7.66. The number of benzene rings is 1. The van der Waals surface area contributed by atoms with Crippen molar-refractivity contribution < 1.29 is 9.90 Å². The van der Waals surface area contributed by atoms with Crippen molar-refractivity contribution in [3.8, 4) is 0 Å². The first-order valence-electron chi connectivity index (χ1n) is 6.09. The number of nitrogens with zero attached hydrogens (tertiary/aromatic N) is 1. The smallest absolute Gasteiger partial charge is 0.320 e. The van der Waals surface area contributed by atoms with E-state index in [-0.39, 0.29) is 0 Å². The van der Waals surface area contributed by atoms with Gasteiger partial charge in [-0.1, -0.05) is 6.07 Å². The highest BCUT2D eigenvalue weighted by Crippen LogP contribution is 2.30. The molecule has 1 aliphatic rings. The highest BCUT2D eigenvalue weighted by Gasteiger charge is 2.16. The fraction of sp³-hybridized carbons (Fsp3) is 0.462. The second-order valence-electron chi connectivity index (χ2n) is 4.63. The van der Waals surface area contributed by atoms with Crippen molar-refractivity contribution in [1.29, 1.82) is 0 Å². The molecule has 2 rings (SSSR count). The molecule has 1 aromatic rings. The van der Waals surface area contributed by atoms with E-state index in [1.807, 2.05) is 18.2 Å². The summed E-state index contributed by atoms with van der Waals surface area (Å²) in [4.78, 5) is 13.1. The second-order valence-corrected chi connectivity index (χ2v) is 5.48. The van der Waals surface area contributed by atoms with E-state index in [1.54, 1.807) is 0 Å². The Hall–Kier alpha value is -1.07. The fourth-order valence-corrected chi connectivity index (χ4v) is 2.91. The summed E-state index contributed by atoms with van der Waals surface area (Å²) >= 11 is 3.55. The average molecular weight is 313 g/mol. The van der Waals surface area contributed by atoms with Gasteiger partial charge in [0, 0.05) is 17.6 Å². The normalized spacial score (nSPS) is 16.9. The summed E-state index contributed by atoms with van der Waals surface area (Å²) in [7, 11) is 0. The van der Waals surface area contributed by atoms with Crippen LogP contribution in [0.25, 0.3) is 0 Å². The number of aliphatic carboxylic acids is 1. The van der Waals surface area contributed by atoms with Crippen molar-refractivity contribution in [3.63, 3.8) is 0 Å². The maximum Gasteiger partial charge on any atom is 0.320 e. The SMILES string of the molecule is NC(Cc1ccc(N2CCCC2)c(Br)c1)C(=O)O. The number of nitrogens with two attached hydrogens (primary N) is 1. The number of carbonyl (C=O) groups is 1. The molecule has 0 aliphatic carbocycles. The number of carboxylic acids is 1. The quantitative estimate of drug-likeness (QED) is 0.892. The van der Waals surface area contributed by atoms with Crippen LogP contribution in [-0.4, -0.2) is 30.2 Å². The van der Waals surface area contributed by atoms with Crippen molar-refractivity contribution in [3.05, 3.63) is 28.2 Å². The van der Waals surface area contributed by atoms with Crippen molar-refractivity contribution in [2.24, 2.45) is 5.73 Å². The minimum Gasteiger partial charge on any atom is -0.480 e. The Morgan fingerprint density at radius 2 is 2.11 bits per heavy atom. The Balaban J connectivity index is 2.11. The Morgan fingerprint density at radius 3 is 2.67 bits per heavy atom. The number of anilines is 1. The number of hydrogen-bond donors (Lipinski definition) is 2. The predicted octanol–water partition coefficient (Wildman–Crippen LogP) is 2.00. The molecular formula is C13H17BrN2O2. The van der Waals surface area contributed by atoms with Crippen LogP contribution in [0.5, 0.6) is 0 Å². The zero-order valence-corrected chi connectivity index (χ0v) is 11.7. The standard InChI is InChI=1S/C13H17BrN2O2/c14-10-7-9(8-11(15)13(17)18)3-4-12(10)16-5-1-2-6-16/h3-4,7,11H,1-2,5-6,8,15H2,(H,17,18). The summed E-state index contributed by atoms with van der Waals surface area (Å²) in [5, 5.41) is 8.79. The molecule has 1 atom stereocenters. The van der Waals surface area contributed by atoms with Crippen molar-refractivity contribution in [1.82, 2.24) is 0 Å². The molecule has 0 aromatic heterocycles. The van der Waals surface area contributed by atoms with Gasteiger partial charge in [0.1, 0.15) is 6.04 Å². The number of rotatable bonds is 4. The van der Waals surface area contributed by atoms with Crippen LogP contribution >= 0.6 is 15.9 Å². The van der Waals surface area contributed by atoms with Crippen molar-refractivity contribution >= 4 is 27.6 Å². The molecule has 0 radical (unpaired) electrons.